The van der Waals surface area contributed by atoms with Gasteiger partial charge in [-0.3, -0.25) is 20.2 Å². The zero-order valence-electron chi connectivity index (χ0n) is 11.2. The number of hydrogen-bond acceptors (Lipinski definition) is 6. The van der Waals surface area contributed by atoms with Gasteiger partial charge in [0.2, 0.25) is 0 Å². The van der Waals surface area contributed by atoms with Crippen molar-refractivity contribution in [1.82, 2.24) is 0 Å². The Balaban J connectivity index is 0.000000211. The second-order valence-corrected chi connectivity index (χ2v) is 4.15. The second-order valence-electron chi connectivity index (χ2n) is 4.15. The number of nitro benzene ring substituents is 2. The van der Waals surface area contributed by atoms with Crippen molar-refractivity contribution in [3.05, 3.63) is 68.3 Å². The van der Waals surface area contributed by atoms with Crippen LogP contribution >= 0.6 is 0 Å². The molecule has 2 rings (SSSR count). The molecule has 0 saturated carbocycles. The van der Waals surface area contributed by atoms with E-state index < -0.39 is 9.85 Å². The Hall–Kier alpha value is -3.16. The van der Waals surface area contributed by atoms with Crippen molar-refractivity contribution in [1.29, 1.82) is 0 Å². The van der Waals surface area contributed by atoms with Crippen LogP contribution in [0.5, 0.6) is 0 Å². The Kier molecular flexibility index (Phi) is 5.18. The zero-order valence-corrected chi connectivity index (χ0v) is 11.2. The molecule has 2 aromatic carbocycles. The van der Waals surface area contributed by atoms with Crippen LogP contribution in [0.2, 0.25) is 0 Å². The van der Waals surface area contributed by atoms with Crippen LogP contribution in [0.3, 0.4) is 0 Å². The third-order valence-corrected chi connectivity index (χ3v) is 2.57. The molecule has 0 atom stereocenters. The fourth-order valence-electron chi connectivity index (χ4n) is 1.37. The fourth-order valence-corrected chi connectivity index (χ4v) is 1.37. The van der Waals surface area contributed by atoms with Crippen LogP contribution in [0, 0.1) is 27.2 Å². The molecular formula is C13H14N4O4. The van der Waals surface area contributed by atoms with Gasteiger partial charge in [0.25, 0.3) is 11.4 Å². The van der Waals surface area contributed by atoms with Gasteiger partial charge in [0.05, 0.1) is 9.85 Å². The van der Waals surface area contributed by atoms with Crippen LogP contribution in [-0.4, -0.2) is 9.85 Å². The van der Waals surface area contributed by atoms with Crippen LogP contribution < -0.4 is 11.5 Å². The molecule has 0 aliphatic rings. The van der Waals surface area contributed by atoms with Gasteiger partial charge in [-0.2, -0.15) is 0 Å². The standard InChI is InChI=1S/C7H8N2O2.C6H6N2O2/c1-5-4-6(9(10)11)2-3-7(5)8;7-5-1-3-6(4-2-5)8(9)10/h2-4H,8H2,1H3;1-4H,7H2. The van der Waals surface area contributed by atoms with Gasteiger partial charge in [-0.25, -0.2) is 0 Å². The third-order valence-electron chi connectivity index (χ3n) is 2.57. The summed E-state index contributed by atoms with van der Waals surface area (Å²) >= 11 is 0. The van der Waals surface area contributed by atoms with Crippen LogP contribution in [0.1, 0.15) is 5.56 Å². The maximum atomic E-state index is 10.2. The van der Waals surface area contributed by atoms with Gasteiger partial charge in [-0.1, -0.05) is 0 Å². The van der Waals surface area contributed by atoms with E-state index in [2.05, 4.69) is 0 Å². The summed E-state index contributed by atoms with van der Waals surface area (Å²) in [6.07, 6.45) is 0. The van der Waals surface area contributed by atoms with Gasteiger partial charge in [-0.05, 0) is 30.7 Å². The smallest absolute Gasteiger partial charge is 0.269 e. The molecule has 0 aromatic heterocycles. The first-order valence-corrected chi connectivity index (χ1v) is 5.81. The Morgan fingerprint density at radius 1 is 0.857 bits per heavy atom. The Labute approximate surface area is 120 Å². The first kappa shape index (κ1) is 15.9. The summed E-state index contributed by atoms with van der Waals surface area (Å²) < 4.78 is 0. The highest BCUT2D eigenvalue weighted by atomic mass is 16.6. The fraction of sp³-hybridized carbons (Fsp3) is 0.0769. The van der Waals surface area contributed by atoms with Crippen LogP contribution in [0.4, 0.5) is 22.7 Å². The summed E-state index contributed by atoms with van der Waals surface area (Å²) in [6.45, 7) is 1.74. The molecule has 0 aliphatic carbocycles. The number of nitrogens with zero attached hydrogens (tertiary/aromatic N) is 2. The van der Waals surface area contributed by atoms with Crippen molar-refractivity contribution in [3.8, 4) is 0 Å². The van der Waals surface area contributed by atoms with E-state index in [1.165, 1.54) is 42.5 Å². The number of rotatable bonds is 2. The Bertz CT molecular complexity index is 656. The molecule has 0 bridgehead atoms. The van der Waals surface area contributed by atoms with Gasteiger partial charge in [-0.15, -0.1) is 0 Å². The average molecular weight is 290 g/mol. The molecule has 0 unspecified atom stereocenters. The minimum absolute atomic E-state index is 0.0641. The normalized spacial score (nSPS) is 9.38. The maximum absolute atomic E-state index is 10.2. The van der Waals surface area contributed by atoms with Crippen molar-refractivity contribution in [2.45, 2.75) is 6.92 Å². The molecule has 0 saturated heterocycles. The maximum Gasteiger partial charge on any atom is 0.269 e. The van der Waals surface area contributed by atoms with E-state index in [1.807, 2.05) is 0 Å². The number of aryl methyl sites for hydroxylation is 1. The van der Waals surface area contributed by atoms with Crippen molar-refractivity contribution in [2.75, 3.05) is 11.5 Å². The van der Waals surface area contributed by atoms with Crippen molar-refractivity contribution in [2.24, 2.45) is 0 Å². The largest absolute Gasteiger partial charge is 0.399 e. The molecule has 8 nitrogen and oxygen atoms in total. The lowest BCUT2D eigenvalue weighted by Gasteiger charge is -1.97. The number of nitro groups is 2. The van der Waals surface area contributed by atoms with Crippen molar-refractivity contribution < 1.29 is 9.85 Å². The van der Waals surface area contributed by atoms with E-state index in [9.17, 15) is 20.2 Å². The summed E-state index contributed by atoms with van der Waals surface area (Å²) in [5.41, 5.74) is 12.8. The summed E-state index contributed by atoms with van der Waals surface area (Å²) in [7, 11) is 0. The monoisotopic (exact) mass is 290 g/mol. The topological polar surface area (TPSA) is 138 Å². The lowest BCUT2D eigenvalue weighted by molar-refractivity contribution is -0.385. The predicted molar refractivity (Wildman–Crippen MR) is 79.8 cm³/mol. The van der Waals surface area contributed by atoms with E-state index in [0.29, 0.717) is 11.4 Å². The molecular weight excluding hydrogens is 276 g/mol. The van der Waals surface area contributed by atoms with E-state index in [-0.39, 0.29) is 11.4 Å². The van der Waals surface area contributed by atoms with Gasteiger partial charge >= 0.3 is 0 Å². The van der Waals surface area contributed by atoms with Gasteiger partial charge in [0, 0.05) is 35.6 Å². The molecule has 21 heavy (non-hydrogen) atoms. The molecule has 0 aliphatic heterocycles. The molecule has 8 heteroatoms. The molecule has 4 N–H and O–H groups in total. The molecule has 110 valence electrons. The minimum atomic E-state index is -0.459. The molecule has 2 aromatic rings. The van der Waals surface area contributed by atoms with E-state index in [0.717, 1.165) is 5.56 Å². The van der Waals surface area contributed by atoms with Crippen molar-refractivity contribution in [3.63, 3.8) is 0 Å². The number of nitrogen functional groups attached to an aromatic ring is 2. The highest BCUT2D eigenvalue weighted by Gasteiger charge is 2.05. The van der Waals surface area contributed by atoms with Crippen LogP contribution in [0.25, 0.3) is 0 Å². The number of anilines is 2. The number of nitrogens with two attached hydrogens (primary N) is 2. The van der Waals surface area contributed by atoms with Crippen LogP contribution in [-0.2, 0) is 0 Å². The second kappa shape index (κ2) is 6.85. The van der Waals surface area contributed by atoms with Gasteiger partial charge in [0.1, 0.15) is 0 Å². The van der Waals surface area contributed by atoms with Crippen molar-refractivity contribution >= 4 is 22.7 Å². The molecule has 0 fully saturated rings. The lowest BCUT2D eigenvalue weighted by atomic mass is 10.2. The highest BCUT2D eigenvalue weighted by molar-refractivity contribution is 5.51. The summed E-state index contributed by atoms with van der Waals surface area (Å²) in [5, 5.41) is 20.3. The number of non-ortho nitro benzene ring substituents is 2. The molecule has 0 spiro atoms. The third kappa shape index (κ3) is 4.78. The molecule has 0 amide bonds. The Morgan fingerprint density at radius 3 is 1.76 bits per heavy atom. The number of hydrogen-bond donors (Lipinski definition) is 2. The van der Waals surface area contributed by atoms with E-state index in [1.54, 1.807) is 6.92 Å². The zero-order chi connectivity index (χ0) is 16.0. The first-order chi connectivity index (χ1) is 9.81. The van der Waals surface area contributed by atoms with Crippen LogP contribution in [0.15, 0.2) is 42.5 Å². The highest BCUT2D eigenvalue weighted by Crippen LogP contribution is 2.17. The van der Waals surface area contributed by atoms with E-state index in [4.69, 9.17) is 11.5 Å². The van der Waals surface area contributed by atoms with Gasteiger partial charge < -0.3 is 11.5 Å². The summed E-state index contributed by atoms with van der Waals surface area (Å²) in [6, 6.07) is 10.1. The lowest BCUT2D eigenvalue weighted by Crippen LogP contribution is -1.92. The molecule has 0 heterocycles. The summed E-state index contributed by atoms with van der Waals surface area (Å²) in [5.74, 6) is 0. The SMILES string of the molecule is Cc1cc([N+](=O)[O-])ccc1N.Nc1ccc([N+](=O)[O-])cc1. The number of benzene rings is 2. The van der Waals surface area contributed by atoms with E-state index >= 15 is 0 Å². The average Bonchev–Trinajstić information content (AvgIpc) is 2.43. The first-order valence-electron chi connectivity index (χ1n) is 5.81. The predicted octanol–water partition coefficient (Wildman–Crippen LogP) is 2.66. The summed E-state index contributed by atoms with van der Waals surface area (Å²) in [4.78, 5) is 19.4. The van der Waals surface area contributed by atoms with Gasteiger partial charge in [0.15, 0.2) is 0 Å². The molecule has 0 radical (unpaired) electrons. The Morgan fingerprint density at radius 2 is 1.33 bits per heavy atom. The quantitative estimate of drug-likeness (QED) is 0.495. The minimum Gasteiger partial charge on any atom is -0.399 e.